The topological polar surface area (TPSA) is 12.5 Å². The van der Waals surface area contributed by atoms with Crippen molar-refractivity contribution >= 4 is 37.5 Å². The molecule has 1 saturated heterocycles. The first-order valence-electron chi connectivity index (χ1n) is 6.38. The predicted molar refractivity (Wildman–Crippen MR) is 83.6 cm³/mol. The van der Waals surface area contributed by atoms with Crippen molar-refractivity contribution in [2.75, 3.05) is 18.1 Å². The average molecular weight is 377 g/mol. The lowest BCUT2D eigenvalue weighted by atomic mass is 10.1. The third-order valence-corrected chi connectivity index (χ3v) is 4.54. The summed E-state index contributed by atoms with van der Waals surface area (Å²) in [7, 11) is 0. The van der Waals surface area contributed by atoms with Crippen LogP contribution in [-0.2, 0) is 10.1 Å². The van der Waals surface area contributed by atoms with Crippen molar-refractivity contribution < 1.29 is 4.74 Å². The van der Waals surface area contributed by atoms with E-state index in [0.717, 1.165) is 29.4 Å². The Labute approximate surface area is 126 Å². The number of anilines is 1. The molecule has 0 spiro atoms. The van der Waals surface area contributed by atoms with E-state index in [-0.39, 0.29) is 0 Å². The Bertz CT molecular complexity index is 411. The molecule has 1 fully saturated rings. The molecule has 0 aromatic heterocycles. The molecular formula is C14H19Br2NO. The highest BCUT2D eigenvalue weighted by molar-refractivity contribution is 9.10. The predicted octanol–water partition coefficient (Wildman–Crippen LogP) is 4.35. The van der Waals surface area contributed by atoms with Gasteiger partial charge in [0.15, 0.2) is 0 Å². The molecule has 2 nitrogen and oxygen atoms in total. The van der Waals surface area contributed by atoms with Gasteiger partial charge in [-0.05, 0) is 31.0 Å². The van der Waals surface area contributed by atoms with Crippen LogP contribution >= 0.6 is 31.9 Å². The van der Waals surface area contributed by atoms with Gasteiger partial charge in [0.2, 0.25) is 0 Å². The van der Waals surface area contributed by atoms with Gasteiger partial charge in [-0.15, -0.1) is 0 Å². The Morgan fingerprint density at radius 2 is 2.22 bits per heavy atom. The standard InChI is InChI=1S/C14H19Br2NO/c1-3-13-9-18-10(2)8-17(13)14-6-12(16)5-4-11(14)7-15/h4-6,10,13H,3,7-9H2,1-2H3. The van der Waals surface area contributed by atoms with E-state index in [4.69, 9.17) is 4.74 Å². The first kappa shape index (κ1) is 14.4. The number of rotatable bonds is 3. The maximum absolute atomic E-state index is 5.77. The quantitative estimate of drug-likeness (QED) is 0.727. The minimum Gasteiger partial charge on any atom is -0.375 e. The fourth-order valence-corrected chi connectivity index (χ4v) is 3.22. The minimum atomic E-state index is 0.301. The first-order valence-corrected chi connectivity index (χ1v) is 8.29. The van der Waals surface area contributed by atoms with Crippen LogP contribution < -0.4 is 4.90 Å². The maximum atomic E-state index is 5.77. The van der Waals surface area contributed by atoms with Gasteiger partial charge < -0.3 is 9.64 Å². The number of hydrogen-bond donors (Lipinski definition) is 0. The minimum absolute atomic E-state index is 0.301. The number of halogens is 2. The summed E-state index contributed by atoms with van der Waals surface area (Å²) < 4.78 is 6.91. The molecule has 0 saturated carbocycles. The van der Waals surface area contributed by atoms with Crippen LogP contribution in [-0.4, -0.2) is 25.3 Å². The van der Waals surface area contributed by atoms with Crippen molar-refractivity contribution in [1.82, 2.24) is 0 Å². The molecule has 0 N–H and O–H groups in total. The van der Waals surface area contributed by atoms with Crippen LogP contribution in [0.15, 0.2) is 22.7 Å². The second-order valence-electron chi connectivity index (χ2n) is 4.77. The summed E-state index contributed by atoms with van der Waals surface area (Å²) in [5.74, 6) is 0. The van der Waals surface area contributed by atoms with Crippen LogP contribution in [0.5, 0.6) is 0 Å². The second-order valence-corrected chi connectivity index (χ2v) is 6.24. The largest absolute Gasteiger partial charge is 0.375 e. The maximum Gasteiger partial charge on any atom is 0.0723 e. The number of hydrogen-bond acceptors (Lipinski definition) is 2. The molecular weight excluding hydrogens is 358 g/mol. The average Bonchev–Trinajstić information content (AvgIpc) is 2.38. The van der Waals surface area contributed by atoms with Gasteiger partial charge in [0.1, 0.15) is 0 Å². The molecule has 0 amide bonds. The zero-order valence-electron chi connectivity index (χ0n) is 10.8. The second kappa shape index (κ2) is 6.40. The zero-order valence-corrected chi connectivity index (χ0v) is 14.0. The Kier molecular flexibility index (Phi) is 5.10. The molecule has 1 heterocycles. The fraction of sp³-hybridized carbons (Fsp3) is 0.571. The molecule has 1 aliphatic heterocycles. The van der Waals surface area contributed by atoms with E-state index in [9.17, 15) is 0 Å². The van der Waals surface area contributed by atoms with Crippen LogP contribution in [0.3, 0.4) is 0 Å². The van der Waals surface area contributed by atoms with Crippen LogP contribution in [0, 0.1) is 0 Å². The van der Waals surface area contributed by atoms with E-state index in [0.29, 0.717) is 12.1 Å². The van der Waals surface area contributed by atoms with Gasteiger partial charge >= 0.3 is 0 Å². The highest BCUT2D eigenvalue weighted by atomic mass is 79.9. The number of ether oxygens (including phenoxy) is 1. The summed E-state index contributed by atoms with van der Waals surface area (Å²) in [4.78, 5) is 2.50. The molecule has 4 heteroatoms. The SMILES string of the molecule is CCC1COC(C)CN1c1cc(Br)ccc1CBr. The van der Waals surface area contributed by atoms with Gasteiger partial charge in [0.05, 0.1) is 18.8 Å². The number of morpholine rings is 1. The van der Waals surface area contributed by atoms with Gasteiger partial charge in [-0.3, -0.25) is 0 Å². The monoisotopic (exact) mass is 375 g/mol. The molecule has 0 bridgehead atoms. The normalized spacial score (nSPS) is 24.3. The Morgan fingerprint density at radius 3 is 2.89 bits per heavy atom. The molecule has 1 aromatic rings. The van der Waals surface area contributed by atoms with E-state index in [1.807, 2.05) is 0 Å². The molecule has 0 radical (unpaired) electrons. The van der Waals surface area contributed by atoms with E-state index >= 15 is 0 Å². The van der Waals surface area contributed by atoms with Crippen molar-refractivity contribution in [2.24, 2.45) is 0 Å². The van der Waals surface area contributed by atoms with Gasteiger partial charge in [0.25, 0.3) is 0 Å². The molecule has 100 valence electrons. The first-order chi connectivity index (χ1) is 8.65. The lowest BCUT2D eigenvalue weighted by Crippen LogP contribution is -2.49. The molecule has 0 aliphatic carbocycles. The summed E-state index contributed by atoms with van der Waals surface area (Å²) in [5, 5.41) is 0.887. The van der Waals surface area contributed by atoms with Gasteiger partial charge in [-0.1, -0.05) is 44.8 Å². The fourth-order valence-electron chi connectivity index (χ4n) is 2.39. The summed E-state index contributed by atoms with van der Waals surface area (Å²) in [6.45, 7) is 6.16. The van der Waals surface area contributed by atoms with E-state index in [1.165, 1.54) is 11.3 Å². The van der Waals surface area contributed by atoms with E-state index < -0.39 is 0 Å². The molecule has 2 unspecified atom stereocenters. The van der Waals surface area contributed by atoms with Gasteiger partial charge in [0, 0.05) is 22.0 Å². The van der Waals surface area contributed by atoms with Crippen LogP contribution in [0.4, 0.5) is 5.69 Å². The van der Waals surface area contributed by atoms with Crippen molar-refractivity contribution in [3.05, 3.63) is 28.2 Å². The molecule has 2 rings (SSSR count). The van der Waals surface area contributed by atoms with Crippen molar-refractivity contribution in [3.8, 4) is 0 Å². The van der Waals surface area contributed by atoms with Gasteiger partial charge in [-0.2, -0.15) is 0 Å². The number of benzene rings is 1. The molecule has 18 heavy (non-hydrogen) atoms. The van der Waals surface area contributed by atoms with E-state index in [1.54, 1.807) is 0 Å². The lowest BCUT2D eigenvalue weighted by Gasteiger charge is -2.41. The van der Waals surface area contributed by atoms with Crippen molar-refractivity contribution in [3.63, 3.8) is 0 Å². The third kappa shape index (κ3) is 3.09. The van der Waals surface area contributed by atoms with E-state index in [2.05, 4.69) is 68.8 Å². The third-order valence-electron chi connectivity index (χ3n) is 3.44. The Balaban J connectivity index is 2.34. The summed E-state index contributed by atoms with van der Waals surface area (Å²) in [6.07, 6.45) is 1.41. The Morgan fingerprint density at radius 1 is 1.44 bits per heavy atom. The number of nitrogens with zero attached hydrogens (tertiary/aromatic N) is 1. The summed E-state index contributed by atoms with van der Waals surface area (Å²) in [5.41, 5.74) is 2.66. The van der Waals surface area contributed by atoms with Crippen molar-refractivity contribution in [2.45, 2.75) is 37.7 Å². The Hall–Kier alpha value is -0.0600. The highest BCUT2D eigenvalue weighted by Gasteiger charge is 2.27. The summed E-state index contributed by atoms with van der Waals surface area (Å²) in [6, 6.07) is 6.98. The zero-order chi connectivity index (χ0) is 13.1. The van der Waals surface area contributed by atoms with Gasteiger partial charge in [-0.25, -0.2) is 0 Å². The smallest absolute Gasteiger partial charge is 0.0723 e. The highest BCUT2D eigenvalue weighted by Crippen LogP contribution is 2.31. The number of alkyl halides is 1. The molecule has 2 atom stereocenters. The van der Waals surface area contributed by atoms with Crippen LogP contribution in [0.1, 0.15) is 25.8 Å². The van der Waals surface area contributed by atoms with Crippen LogP contribution in [0.25, 0.3) is 0 Å². The molecule has 1 aromatic carbocycles. The van der Waals surface area contributed by atoms with Crippen LogP contribution in [0.2, 0.25) is 0 Å². The molecule has 1 aliphatic rings. The summed E-state index contributed by atoms with van der Waals surface area (Å²) >= 11 is 7.16. The lowest BCUT2D eigenvalue weighted by molar-refractivity contribution is 0.0299. The van der Waals surface area contributed by atoms with Crippen molar-refractivity contribution in [1.29, 1.82) is 0 Å².